The van der Waals surface area contributed by atoms with Crippen LogP contribution in [0.15, 0.2) is 54.7 Å². The van der Waals surface area contributed by atoms with E-state index >= 15 is 0 Å². The molecule has 0 amide bonds. The number of aromatic amines is 1. The van der Waals surface area contributed by atoms with Crippen molar-refractivity contribution >= 4 is 10.9 Å². The summed E-state index contributed by atoms with van der Waals surface area (Å²) in [6.07, 6.45) is 11.2. The lowest BCUT2D eigenvalue weighted by Crippen LogP contribution is -1.95. The monoisotopic (exact) mass is 239 g/mol. The van der Waals surface area contributed by atoms with Crippen molar-refractivity contribution in [2.75, 3.05) is 0 Å². The van der Waals surface area contributed by atoms with Gasteiger partial charge >= 0.3 is 0 Å². The van der Waals surface area contributed by atoms with E-state index in [0.29, 0.717) is 0 Å². The number of hydrogen-bond acceptors (Lipinski definition) is 3. The van der Waals surface area contributed by atoms with Crippen LogP contribution >= 0.6 is 0 Å². The number of H-pyrrole nitrogens is 1. The van der Waals surface area contributed by atoms with Crippen LogP contribution in [-0.4, -0.2) is 10.2 Å². The molecule has 4 heteroatoms. The Bertz CT molecular complexity index is 665. The molecule has 0 unspecified atom stereocenters. The van der Waals surface area contributed by atoms with Gasteiger partial charge in [0.25, 0.3) is 0 Å². The molecule has 1 aromatic carbocycles. The average molecular weight is 239 g/mol. The molecule has 0 bridgehead atoms. The van der Waals surface area contributed by atoms with Crippen LogP contribution in [0.1, 0.15) is 5.56 Å². The Morgan fingerprint density at radius 3 is 3.11 bits per heavy atom. The van der Waals surface area contributed by atoms with E-state index in [1.165, 1.54) is 0 Å². The summed E-state index contributed by atoms with van der Waals surface area (Å²) in [6, 6.07) is 3.92. The molecule has 0 aliphatic carbocycles. The third-order valence-electron chi connectivity index (χ3n) is 2.87. The molecule has 1 aromatic heterocycles. The van der Waals surface area contributed by atoms with Gasteiger partial charge in [0.1, 0.15) is 11.5 Å². The summed E-state index contributed by atoms with van der Waals surface area (Å²) >= 11 is 0. The molecule has 0 radical (unpaired) electrons. The number of fused-ring (bicyclic) bond motifs is 1. The molecule has 90 valence electrons. The van der Waals surface area contributed by atoms with Crippen molar-refractivity contribution in [3.8, 4) is 5.75 Å². The number of rotatable bonds is 2. The molecule has 0 spiro atoms. The molecule has 18 heavy (non-hydrogen) atoms. The summed E-state index contributed by atoms with van der Waals surface area (Å²) < 4.78 is 5.88. The minimum Gasteiger partial charge on any atom is -0.457 e. The number of benzene rings is 1. The van der Waals surface area contributed by atoms with Crippen LogP contribution in [0.4, 0.5) is 0 Å². The smallest absolute Gasteiger partial charge is 0.131 e. The lowest BCUT2D eigenvalue weighted by atomic mass is 10.1. The molecule has 0 fully saturated rings. The first-order valence-electron chi connectivity index (χ1n) is 5.74. The molecule has 2 heterocycles. The first kappa shape index (κ1) is 10.7. The number of allylic oxidation sites excluding steroid dienone is 3. The zero-order valence-corrected chi connectivity index (χ0v) is 9.97. The van der Waals surface area contributed by atoms with Crippen LogP contribution in [0, 0.1) is 6.92 Å². The molecule has 2 aromatic rings. The van der Waals surface area contributed by atoms with Gasteiger partial charge in [-0.15, -0.1) is 0 Å². The van der Waals surface area contributed by atoms with Gasteiger partial charge < -0.3 is 10.1 Å². The van der Waals surface area contributed by atoms with E-state index in [1.807, 2.05) is 55.9 Å². The van der Waals surface area contributed by atoms with Crippen molar-refractivity contribution < 1.29 is 4.74 Å². The summed E-state index contributed by atoms with van der Waals surface area (Å²) in [5.74, 6) is 1.64. The quantitative estimate of drug-likeness (QED) is 0.847. The van der Waals surface area contributed by atoms with Crippen molar-refractivity contribution in [3.63, 3.8) is 0 Å². The predicted octanol–water partition coefficient (Wildman–Crippen LogP) is 2.76. The predicted molar refractivity (Wildman–Crippen MR) is 71.0 cm³/mol. The second-order valence-electron chi connectivity index (χ2n) is 4.05. The summed E-state index contributed by atoms with van der Waals surface area (Å²) in [7, 11) is 0. The highest BCUT2D eigenvalue weighted by atomic mass is 16.5. The zero-order valence-electron chi connectivity index (χ0n) is 9.97. The fourth-order valence-corrected chi connectivity index (χ4v) is 1.88. The first-order chi connectivity index (χ1) is 8.84. The van der Waals surface area contributed by atoms with Crippen LogP contribution in [0.3, 0.4) is 0 Å². The number of ether oxygens (including phenoxy) is 1. The largest absolute Gasteiger partial charge is 0.457 e. The van der Waals surface area contributed by atoms with E-state index in [-0.39, 0.29) is 0 Å². The standard InChI is InChI=1S/C14H13N3O/c1-10-12-9-16-17-13(12)4-5-14(10)18-11-3-2-7-15-8-6-11/h2-9,15H,1H3,(H,16,17). The van der Waals surface area contributed by atoms with Crippen LogP contribution in [-0.2, 0) is 0 Å². The van der Waals surface area contributed by atoms with E-state index in [0.717, 1.165) is 28.0 Å². The molecular weight excluding hydrogens is 226 g/mol. The SMILES string of the molecule is Cc1c(OC2=CC=CNC=C2)ccc2[nH]ncc12. The number of nitrogens with one attached hydrogen (secondary N) is 2. The molecule has 1 aliphatic heterocycles. The second kappa shape index (κ2) is 4.41. The van der Waals surface area contributed by atoms with Crippen molar-refractivity contribution in [2.45, 2.75) is 6.92 Å². The van der Waals surface area contributed by atoms with E-state index < -0.39 is 0 Å². The molecule has 2 N–H and O–H groups in total. The lowest BCUT2D eigenvalue weighted by Gasteiger charge is -2.09. The van der Waals surface area contributed by atoms with E-state index in [9.17, 15) is 0 Å². The Morgan fingerprint density at radius 2 is 2.17 bits per heavy atom. The molecule has 0 saturated heterocycles. The summed E-state index contributed by atoms with van der Waals surface area (Å²) in [6.45, 7) is 2.03. The Kier molecular flexibility index (Phi) is 2.61. The number of aryl methyl sites for hydroxylation is 1. The number of aromatic nitrogens is 2. The second-order valence-corrected chi connectivity index (χ2v) is 4.05. The molecule has 3 rings (SSSR count). The fraction of sp³-hybridized carbons (Fsp3) is 0.0714. The van der Waals surface area contributed by atoms with Crippen molar-refractivity contribution in [1.82, 2.24) is 15.5 Å². The van der Waals surface area contributed by atoms with Gasteiger partial charge in [-0.05, 0) is 37.3 Å². The highest BCUT2D eigenvalue weighted by molar-refractivity contribution is 5.83. The third kappa shape index (κ3) is 1.88. The van der Waals surface area contributed by atoms with E-state index in [4.69, 9.17) is 4.74 Å². The van der Waals surface area contributed by atoms with Gasteiger partial charge in [-0.3, -0.25) is 5.10 Å². The minimum absolute atomic E-state index is 0.794. The highest BCUT2D eigenvalue weighted by Gasteiger charge is 2.07. The Hall–Kier alpha value is -2.49. The Balaban J connectivity index is 1.97. The maximum atomic E-state index is 5.88. The molecule has 4 nitrogen and oxygen atoms in total. The Labute approximate surface area is 105 Å². The van der Waals surface area contributed by atoms with Gasteiger partial charge in [0.05, 0.1) is 11.7 Å². The summed E-state index contributed by atoms with van der Waals surface area (Å²) in [5.41, 5.74) is 2.10. The zero-order chi connectivity index (χ0) is 12.4. The molecule has 0 saturated carbocycles. The maximum Gasteiger partial charge on any atom is 0.131 e. The number of hydrogen-bond donors (Lipinski definition) is 2. The van der Waals surface area contributed by atoms with Crippen molar-refractivity contribution in [2.24, 2.45) is 0 Å². The van der Waals surface area contributed by atoms with E-state index in [2.05, 4.69) is 15.5 Å². The summed E-state index contributed by atoms with van der Waals surface area (Å²) in [5, 5.41) is 11.1. The van der Waals surface area contributed by atoms with Gasteiger partial charge in [0.2, 0.25) is 0 Å². The normalized spacial score (nSPS) is 14.2. The minimum atomic E-state index is 0.794. The highest BCUT2D eigenvalue weighted by Crippen LogP contribution is 2.27. The van der Waals surface area contributed by atoms with Crippen LogP contribution in [0.2, 0.25) is 0 Å². The van der Waals surface area contributed by atoms with Crippen molar-refractivity contribution in [1.29, 1.82) is 0 Å². The van der Waals surface area contributed by atoms with Gasteiger partial charge in [-0.2, -0.15) is 5.10 Å². The topological polar surface area (TPSA) is 49.9 Å². The van der Waals surface area contributed by atoms with Gasteiger partial charge in [0.15, 0.2) is 0 Å². The molecule has 1 aliphatic rings. The van der Waals surface area contributed by atoms with Gasteiger partial charge in [-0.1, -0.05) is 0 Å². The maximum absolute atomic E-state index is 5.88. The van der Waals surface area contributed by atoms with Crippen LogP contribution in [0.5, 0.6) is 5.75 Å². The third-order valence-corrected chi connectivity index (χ3v) is 2.87. The summed E-state index contributed by atoms with van der Waals surface area (Å²) in [4.78, 5) is 0. The average Bonchev–Trinajstić information content (AvgIpc) is 2.71. The first-order valence-corrected chi connectivity index (χ1v) is 5.74. The van der Waals surface area contributed by atoms with Gasteiger partial charge in [0, 0.05) is 23.3 Å². The van der Waals surface area contributed by atoms with Crippen LogP contribution in [0.25, 0.3) is 10.9 Å². The fourth-order valence-electron chi connectivity index (χ4n) is 1.88. The lowest BCUT2D eigenvalue weighted by molar-refractivity contribution is 0.442. The molecule has 0 atom stereocenters. The van der Waals surface area contributed by atoms with Gasteiger partial charge in [-0.25, -0.2) is 0 Å². The van der Waals surface area contributed by atoms with Crippen LogP contribution < -0.4 is 10.1 Å². The van der Waals surface area contributed by atoms with E-state index in [1.54, 1.807) is 0 Å². The van der Waals surface area contributed by atoms with Crippen molar-refractivity contribution in [3.05, 3.63) is 60.3 Å². The number of nitrogens with zero attached hydrogens (tertiary/aromatic N) is 1. The Morgan fingerprint density at radius 1 is 1.22 bits per heavy atom. The molecular formula is C14H13N3O.